The van der Waals surface area contributed by atoms with Gasteiger partial charge in [-0.2, -0.15) is 10.5 Å². The van der Waals surface area contributed by atoms with E-state index in [2.05, 4.69) is 61.8 Å². The van der Waals surface area contributed by atoms with Gasteiger partial charge in [0.15, 0.2) is 0 Å². The summed E-state index contributed by atoms with van der Waals surface area (Å²) in [6, 6.07) is 12.3. The van der Waals surface area contributed by atoms with Crippen molar-refractivity contribution in [2.45, 2.75) is 33.9 Å². The van der Waals surface area contributed by atoms with Crippen LogP contribution in [0.2, 0.25) is 0 Å². The van der Waals surface area contributed by atoms with Crippen molar-refractivity contribution in [3.8, 4) is 12.1 Å². The molecule has 3 rings (SSSR count). The van der Waals surface area contributed by atoms with E-state index in [1.165, 1.54) is 16.7 Å². The van der Waals surface area contributed by atoms with Crippen LogP contribution in [0, 0.1) is 43.4 Å². The molecule has 0 spiro atoms. The van der Waals surface area contributed by atoms with Gasteiger partial charge in [0.25, 0.3) is 0 Å². The lowest BCUT2D eigenvalue weighted by molar-refractivity contribution is 0.732. The zero-order valence-electron chi connectivity index (χ0n) is 14.7. The Bertz CT molecular complexity index is 915. The fourth-order valence-corrected chi connectivity index (χ4v) is 3.42. The average molecular weight is 316 g/mol. The lowest BCUT2D eigenvalue weighted by Gasteiger charge is -2.29. The maximum absolute atomic E-state index is 9.51. The van der Waals surface area contributed by atoms with Crippen molar-refractivity contribution in [3.05, 3.63) is 52.1 Å². The Morgan fingerprint density at radius 3 is 2.17 bits per heavy atom. The summed E-state index contributed by atoms with van der Waals surface area (Å²) in [5.41, 5.74) is 7.67. The third-order valence-corrected chi connectivity index (χ3v) is 4.96. The third kappa shape index (κ3) is 2.20. The molecule has 0 unspecified atom stereocenters. The first kappa shape index (κ1) is 15.9. The number of hydrogen-bond donors (Lipinski definition) is 0. The van der Waals surface area contributed by atoms with Gasteiger partial charge in [0, 0.05) is 12.7 Å². The van der Waals surface area contributed by atoms with Crippen molar-refractivity contribution in [1.82, 2.24) is 0 Å². The Hall–Kier alpha value is -2.98. The number of anilines is 3. The van der Waals surface area contributed by atoms with Gasteiger partial charge in [0.05, 0.1) is 28.6 Å². The molecule has 0 aromatic heterocycles. The molecule has 2 aromatic rings. The van der Waals surface area contributed by atoms with Gasteiger partial charge in [-0.3, -0.25) is 0 Å². The quantitative estimate of drug-likeness (QED) is 0.787. The largest absolute Gasteiger partial charge is 0.351 e. The van der Waals surface area contributed by atoms with Gasteiger partial charge in [-0.1, -0.05) is 6.07 Å². The van der Waals surface area contributed by atoms with Gasteiger partial charge in [0.1, 0.15) is 12.2 Å². The summed E-state index contributed by atoms with van der Waals surface area (Å²) in [4.78, 5) is 4.32. The second-order valence-electron chi connectivity index (χ2n) is 6.45. The van der Waals surface area contributed by atoms with Crippen molar-refractivity contribution in [2.24, 2.45) is 0 Å². The Kier molecular flexibility index (Phi) is 3.70. The summed E-state index contributed by atoms with van der Waals surface area (Å²) in [5, 5.41) is 18.8. The molecule has 0 aliphatic carbocycles. The summed E-state index contributed by atoms with van der Waals surface area (Å²) < 4.78 is 0. The highest BCUT2D eigenvalue weighted by Crippen LogP contribution is 2.46. The van der Waals surface area contributed by atoms with Crippen molar-refractivity contribution in [3.63, 3.8) is 0 Å². The molecule has 0 amide bonds. The SMILES string of the molecule is Cc1cc(C)c(N2c3cc(C#N)cc(C#N)c3N(C)[C@@H]2C)cc1C. The Morgan fingerprint density at radius 1 is 0.875 bits per heavy atom. The highest BCUT2D eigenvalue weighted by Gasteiger charge is 2.35. The van der Waals surface area contributed by atoms with Crippen LogP contribution in [0.25, 0.3) is 0 Å². The summed E-state index contributed by atoms with van der Waals surface area (Å²) in [6.07, 6.45) is 0.0712. The van der Waals surface area contributed by atoms with E-state index in [0.29, 0.717) is 11.1 Å². The first-order chi connectivity index (χ1) is 11.4. The molecule has 0 saturated heterocycles. The second-order valence-corrected chi connectivity index (χ2v) is 6.45. The molecule has 4 nitrogen and oxygen atoms in total. The number of benzene rings is 2. The monoisotopic (exact) mass is 316 g/mol. The Balaban J connectivity index is 2.29. The molecule has 120 valence electrons. The number of fused-ring (bicyclic) bond motifs is 1. The summed E-state index contributed by atoms with van der Waals surface area (Å²) in [5.74, 6) is 0. The summed E-state index contributed by atoms with van der Waals surface area (Å²) in [6.45, 7) is 8.44. The first-order valence-corrected chi connectivity index (χ1v) is 7.97. The molecule has 1 aliphatic heterocycles. The third-order valence-electron chi connectivity index (χ3n) is 4.96. The van der Waals surface area contributed by atoms with Gasteiger partial charge < -0.3 is 9.80 Å². The number of rotatable bonds is 1. The molecule has 1 heterocycles. The van der Waals surface area contributed by atoms with E-state index in [9.17, 15) is 10.5 Å². The fraction of sp³-hybridized carbons (Fsp3) is 0.300. The molecule has 0 N–H and O–H groups in total. The Labute approximate surface area is 143 Å². The second kappa shape index (κ2) is 5.58. The van der Waals surface area contributed by atoms with Crippen LogP contribution >= 0.6 is 0 Å². The summed E-state index contributed by atoms with van der Waals surface area (Å²) in [7, 11) is 1.99. The standard InChI is InChI=1S/C20H20N4/c1-12-6-14(3)18(7-13(12)2)24-15(4)23(5)20-17(11-22)8-16(10-21)9-19(20)24/h6-9,15H,1-5H3/t15-/m0/s1. The van der Waals surface area contributed by atoms with Crippen LogP contribution in [-0.4, -0.2) is 13.2 Å². The molecule has 0 radical (unpaired) electrons. The predicted molar refractivity (Wildman–Crippen MR) is 96.5 cm³/mol. The Morgan fingerprint density at radius 2 is 1.54 bits per heavy atom. The molecular formula is C20H20N4. The van der Waals surface area contributed by atoms with Crippen molar-refractivity contribution in [1.29, 1.82) is 10.5 Å². The number of aryl methyl sites for hydroxylation is 3. The van der Waals surface area contributed by atoms with E-state index in [1.54, 1.807) is 6.07 Å². The maximum Gasteiger partial charge on any atom is 0.103 e. The van der Waals surface area contributed by atoms with Crippen LogP contribution in [0.15, 0.2) is 24.3 Å². The average Bonchev–Trinajstić information content (AvgIpc) is 2.81. The molecule has 4 heteroatoms. The molecular weight excluding hydrogens is 296 g/mol. The van der Waals surface area contributed by atoms with Crippen molar-refractivity contribution < 1.29 is 0 Å². The molecule has 24 heavy (non-hydrogen) atoms. The maximum atomic E-state index is 9.51. The molecule has 2 aromatic carbocycles. The minimum atomic E-state index is 0.0712. The molecule has 1 aliphatic rings. The van der Waals surface area contributed by atoms with Crippen LogP contribution in [0.5, 0.6) is 0 Å². The zero-order chi connectivity index (χ0) is 17.6. The van der Waals surface area contributed by atoms with Crippen LogP contribution in [0.4, 0.5) is 17.1 Å². The van der Waals surface area contributed by atoms with E-state index >= 15 is 0 Å². The number of nitrogens with zero attached hydrogens (tertiary/aromatic N) is 4. The van der Waals surface area contributed by atoms with Gasteiger partial charge in [-0.25, -0.2) is 0 Å². The topological polar surface area (TPSA) is 54.1 Å². The molecule has 1 atom stereocenters. The van der Waals surface area contributed by atoms with Crippen molar-refractivity contribution in [2.75, 3.05) is 16.8 Å². The molecule has 0 bridgehead atoms. The lowest BCUT2D eigenvalue weighted by Crippen LogP contribution is -2.36. The van der Waals surface area contributed by atoms with E-state index < -0.39 is 0 Å². The smallest absolute Gasteiger partial charge is 0.103 e. The summed E-state index contributed by atoms with van der Waals surface area (Å²) >= 11 is 0. The van der Waals surface area contributed by atoms with Gasteiger partial charge in [-0.05, 0) is 62.6 Å². The number of hydrogen-bond acceptors (Lipinski definition) is 4. The molecule has 0 fully saturated rings. The highest BCUT2D eigenvalue weighted by atomic mass is 15.4. The predicted octanol–water partition coefficient (Wildman–Crippen LogP) is 4.29. The van der Waals surface area contributed by atoms with Crippen LogP contribution in [0.3, 0.4) is 0 Å². The normalized spacial score (nSPS) is 15.9. The minimum absolute atomic E-state index is 0.0712. The fourth-order valence-electron chi connectivity index (χ4n) is 3.42. The van der Waals surface area contributed by atoms with Crippen LogP contribution < -0.4 is 9.80 Å². The van der Waals surface area contributed by atoms with E-state index in [4.69, 9.17) is 0 Å². The number of nitriles is 2. The first-order valence-electron chi connectivity index (χ1n) is 7.97. The van der Waals surface area contributed by atoms with Gasteiger partial charge >= 0.3 is 0 Å². The highest BCUT2D eigenvalue weighted by molar-refractivity contribution is 5.89. The zero-order valence-corrected chi connectivity index (χ0v) is 14.7. The molecule has 0 saturated carbocycles. The lowest BCUT2D eigenvalue weighted by atomic mass is 10.0. The van der Waals surface area contributed by atoms with Crippen LogP contribution in [0.1, 0.15) is 34.7 Å². The van der Waals surface area contributed by atoms with E-state index in [-0.39, 0.29) is 6.17 Å². The van der Waals surface area contributed by atoms with E-state index in [1.807, 2.05) is 13.1 Å². The van der Waals surface area contributed by atoms with Gasteiger partial charge in [0.2, 0.25) is 0 Å². The van der Waals surface area contributed by atoms with Crippen LogP contribution in [-0.2, 0) is 0 Å². The van der Waals surface area contributed by atoms with Gasteiger partial charge in [-0.15, -0.1) is 0 Å². The van der Waals surface area contributed by atoms with E-state index in [0.717, 1.165) is 17.1 Å². The minimum Gasteiger partial charge on any atom is -0.351 e. The van der Waals surface area contributed by atoms with Crippen molar-refractivity contribution >= 4 is 17.1 Å².